The Labute approximate surface area is 268 Å². The number of amides is 3. The molecule has 0 saturated heterocycles. The molecule has 0 aromatic heterocycles. The van der Waals surface area contributed by atoms with E-state index >= 15 is 0 Å². The second-order valence-electron chi connectivity index (χ2n) is 12.5. The van der Waals surface area contributed by atoms with E-state index in [2.05, 4.69) is 10.2 Å². The quantitative estimate of drug-likeness (QED) is 0.400. The monoisotopic (exact) mass is 624 g/mol. The highest BCUT2D eigenvalue weighted by Crippen LogP contribution is 2.29. The van der Waals surface area contributed by atoms with Crippen LogP contribution in [0, 0.1) is 5.92 Å². The van der Waals surface area contributed by atoms with Gasteiger partial charge >= 0.3 is 0 Å². The van der Waals surface area contributed by atoms with Gasteiger partial charge in [-0.2, -0.15) is 0 Å². The number of fused-ring (bicyclic) bond motifs is 1. The number of ether oxygens (including phenoxy) is 2. The number of likely N-dealkylation sites (N-methyl/N-ethyl adjacent to an activating group) is 1. The maximum Gasteiger partial charge on any atom is 0.258 e. The van der Waals surface area contributed by atoms with Crippen LogP contribution in [0.5, 0.6) is 5.75 Å². The molecule has 0 unspecified atom stereocenters. The summed E-state index contributed by atoms with van der Waals surface area (Å²) in [5, 5.41) is 13.1. The molecule has 0 bridgehead atoms. The van der Waals surface area contributed by atoms with Gasteiger partial charge in [0.1, 0.15) is 5.75 Å². The molecule has 2 N–H and O–H groups in total. The van der Waals surface area contributed by atoms with Crippen LogP contribution < -0.4 is 10.1 Å². The van der Waals surface area contributed by atoms with Gasteiger partial charge in [0, 0.05) is 50.3 Å². The summed E-state index contributed by atoms with van der Waals surface area (Å²) in [6, 6.07) is 13.5. The normalized spacial score (nSPS) is 20.5. The predicted molar refractivity (Wildman–Crippen MR) is 177 cm³/mol. The van der Waals surface area contributed by atoms with E-state index in [4.69, 9.17) is 9.47 Å². The van der Waals surface area contributed by atoms with Gasteiger partial charge in [-0.05, 0) is 90.5 Å². The minimum Gasteiger partial charge on any atom is -0.490 e. The van der Waals surface area contributed by atoms with Gasteiger partial charge in [0.15, 0.2) is 0 Å². The van der Waals surface area contributed by atoms with Crippen LogP contribution >= 0.6 is 0 Å². The zero-order chi connectivity index (χ0) is 32.9. The molecule has 3 amide bonds. The molecule has 248 valence electrons. The van der Waals surface area contributed by atoms with Gasteiger partial charge in [0.25, 0.3) is 11.8 Å². The van der Waals surface area contributed by atoms with Gasteiger partial charge in [-0.3, -0.25) is 14.4 Å². The van der Waals surface area contributed by atoms with Crippen molar-refractivity contribution in [1.29, 1.82) is 0 Å². The molecule has 4 atom stereocenters. The number of hydrogen-bond donors (Lipinski definition) is 2. The summed E-state index contributed by atoms with van der Waals surface area (Å²) >= 11 is 0. The number of anilines is 1. The van der Waals surface area contributed by atoms with Crippen LogP contribution in [0.3, 0.4) is 0 Å². The fraction of sp³-hybridized carbons (Fsp3) is 0.571. The molecule has 1 heterocycles. The van der Waals surface area contributed by atoms with E-state index < -0.39 is 6.04 Å². The number of nitrogens with zero attached hydrogens (tertiary/aromatic N) is 3. The third kappa shape index (κ3) is 11.1. The Balaban J connectivity index is 1.89. The summed E-state index contributed by atoms with van der Waals surface area (Å²) in [7, 11) is 5.79. The zero-order valence-corrected chi connectivity index (χ0v) is 27.8. The fourth-order valence-corrected chi connectivity index (χ4v) is 5.36. The predicted octanol–water partition coefficient (Wildman–Crippen LogP) is 4.53. The third-order valence-electron chi connectivity index (χ3n) is 8.22. The first-order chi connectivity index (χ1) is 21.5. The average Bonchev–Trinajstić information content (AvgIpc) is 3.02. The molecule has 2 aromatic rings. The standard InChI is InChI=1S/C35H52N4O6/c1-25-22-39(26(2)24-40)35(43)30-21-29(36-34(42)28-14-8-7-9-15-28)17-18-31(30)45-27(3)13-10-11-20-44-32(25)23-38(6)33(41)16-12-19-37(4)5/h7-9,14-15,17-18,21,25-27,32,40H,10-13,16,19-20,22-24H2,1-6H3,(H,36,42)/t25-,26-,27-,32+/m1/s1. The Morgan fingerprint density at radius 3 is 2.51 bits per heavy atom. The third-order valence-corrected chi connectivity index (χ3v) is 8.22. The van der Waals surface area contributed by atoms with Crippen molar-refractivity contribution in [2.24, 2.45) is 5.92 Å². The Hall–Kier alpha value is -3.47. The van der Waals surface area contributed by atoms with Crippen molar-refractivity contribution in [3.8, 4) is 5.75 Å². The first-order valence-corrected chi connectivity index (χ1v) is 16.1. The van der Waals surface area contributed by atoms with Crippen molar-refractivity contribution in [2.75, 3.05) is 59.3 Å². The molecule has 0 aliphatic carbocycles. The zero-order valence-electron chi connectivity index (χ0n) is 27.8. The number of aliphatic hydroxyl groups excluding tert-OH is 1. The Morgan fingerprint density at radius 2 is 1.82 bits per heavy atom. The summed E-state index contributed by atoms with van der Waals surface area (Å²) < 4.78 is 12.7. The van der Waals surface area contributed by atoms with Gasteiger partial charge in [-0.1, -0.05) is 25.1 Å². The molecule has 10 nitrogen and oxygen atoms in total. The molecule has 0 radical (unpaired) electrons. The van der Waals surface area contributed by atoms with E-state index in [1.165, 1.54) is 0 Å². The van der Waals surface area contributed by atoms with E-state index in [0.29, 0.717) is 48.7 Å². The minimum absolute atomic E-state index is 0.0636. The van der Waals surface area contributed by atoms with E-state index in [0.717, 1.165) is 32.2 Å². The molecule has 0 saturated carbocycles. The van der Waals surface area contributed by atoms with E-state index in [1.54, 1.807) is 66.2 Å². The van der Waals surface area contributed by atoms with E-state index in [-0.39, 0.29) is 42.5 Å². The molecule has 3 rings (SSSR count). The number of nitrogens with one attached hydrogen (secondary N) is 1. The number of aliphatic hydroxyl groups is 1. The Bertz CT molecular complexity index is 1240. The molecule has 2 aromatic carbocycles. The lowest BCUT2D eigenvalue weighted by atomic mass is 10.0. The van der Waals surface area contributed by atoms with E-state index in [9.17, 15) is 19.5 Å². The lowest BCUT2D eigenvalue weighted by Gasteiger charge is -2.36. The Kier molecular flexibility index (Phi) is 14.3. The van der Waals surface area contributed by atoms with Gasteiger partial charge in [0.05, 0.1) is 30.4 Å². The van der Waals surface area contributed by atoms with Crippen molar-refractivity contribution in [3.63, 3.8) is 0 Å². The van der Waals surface area contributed by atoms with Gasteiger partial charge in [-0.25, -0.2) is 0 Å². The van der Waals surface area contributed by atoms with Crippen LogP contribution in [0.2, 0.25) is 0 Å². The van der Waals surface area contributed by atoms with Crippen molar-refractivity contribution in [2.45, 2.75) is 71.1 Å². The van der Waals surface area contributed by atoms with Gasteiger partial charge in [-0.15, -0.1) is 0 Å². The summed E-state index contributed by atoms with van der Waals surface area (Å²) in [4.78, 5) is 45.5. The number of carbonyl (C=O) groups excluding carboxylic acids is 3. The highest BCUT2D eigenvalue weighted by atomic mass is 16.5. The van der Waals surface area contributed by atoms with Crippen LogP contribution in [-0.2, 0) is 9.53 Å². The molecule has 1 aliphatic rings. The summed E-state index contributed by atoms with van der Waals surface area (Å²) in [5.74, 6) is -0.250. The topological polar surface area (TPSA) is 112 Å². The van der Waals surface area contributed by atoms with Gasteiger partial charge < -0.3 is 34.6 Å². The number of rotatable bonds is 10. The molecule has 45 heavy (non-hydrogen) atoms. The lowest BCUT2D eigenvalue weighted by Crippen LogP contribution is -2.48. The fourth-order valence-electron chi connectivity index (χ4n) is 5.36. The number of benzene rings is 2. The molecular formula is C35H52N4O6. The van der Waals surface area contributed by atoms with Crippen LogP contribution in [0.15, 0.2) is 48.5 Å². The smallest absolute Gasteiger partial charge is 0.258 e. The highest BCUT2D eigenvalue weighted by molar-refractivity contribution is 6.05. The first-order valence-electron chi connectivity index (χ1n) is 16.1. The number of carbonyl (C=O) groups is 3. The SMILES string of the molecule is C[C@@H]1CCCCO[C@@H](CN(C)C(=O)CCCN(C)C)[C@H](C)CN([C@H](C)CO)C(=O)c2cc(NC(=O)c3ccccc3)ccc2O1. The Morgan fingerprint density at radius 1 is 1.09 bits per heavy atom. The molecule has 0 fully saturated rings. The van der Waals surface area contributed by atoms with Crippen LogP contribution in [0.25, 0.3) is 0 Å². The molecule has 0 spiro atoms. The summed E-state index contributed by atoms with van der Waals surface area (Å²) in [6.45, 7) is 7.64. The second-order valence-corrected chi connectivity index (χ2v) is 12.5. The van der Waals surface area contributed by atoms with Crippen molar-refractivity contribution in [3.05, 3.63) is 59.7 Å². The van der Waals surface area contributed by atoms with Crippen molar-refractivity contribution in [1.82, 2.24) is 14.7 Å². The second kappa shape index (κ2) is 17.9. The van der Waals surface area contributed by atoms with Crippen LogP contribution in [-0.4, -0.2) is 110 Å². The molecule has 10 heteroatoms. The highest BCUT2D eigenvalue weighted by Gasteiger charge is 2.31. The maximum absolute atomic E-state index is 14.3. The van der Waals surface area contributed by atoms with Crippen LogP contribution in [0.4, 0.5) is 5.69 Å². The lowest BCUT2D eigenvalue weighted by molar-refractivity contribution is -0.132. The molecule has 1 aliphatic heterocycles. The largest absolute Gasteiger partial charge is 0.490 e. The minimum atomic E-state index is -0.494. The summed E-state index contributed by atoms with van der Waals surface area (Å²) in [5.41, 5.74) is 1.28. The van der Waals surface area contributed by atoms with Crippen molar-refractivity contribution < 1.29 is 29.0 Å². The molecular weight excluding hydrogens is 572 g/mol. The van der Waals surface area contributed by atoms with Gasteiger partial charge in [0.2, 0.25) is 5.91 Å². The summed E-state index contributed by atoms with van der Waals surface area (Å²) in [6.07, 6.45) is 3.26. The van der Waals surface area contributed by atoms with Crippen molar-refractivity contribution >= 4 is 23.4 Å². The maximum atomic E-state index is 14.3. The van der Waals surface area contributed by atoms with E-state index in [1.807, 2.05) is 34.0 Å². The average molecular weight is 625 g/mol. The first kappa shape index (κ1) is 36.0. The number of hydrogen-bond acceptors (Lipinski definition) is 7. The van der Waals surface area contributed by atoms with Crippen LogP contribution in [0.1, 0.15) is 73.6 Å².